The number of hydrogen-bond donors (Lipinski definition) is 1. The lowest BCUT2D eigenvalue weighted by Crippen LogP contribution is -2.18. The van der Waals surface area contributed by atoms with Gasteiger partial charge in [0, 0.05) is 11.3 Å². The van der Waals surface area contributed by atoms with E-state index in [1.54, 1.807) is 0 Å². The first-order valence-corrected chi connectivity index (χ1v) is 9.26. The molecule has 2 aromatic rings. The van der Waals surface area contributed by atoms with Gasteiger partial charge in [-0.25, -0.2) is 0 Å². The molecular weight excluding hydrogens is 310 g/mol. The average Bonchev–Trinajstić information content (AvgIpc) is 2.54. The zero-order valence-electron chi connectivity index (χ0n) is 15.7. The van der Waals surface area contributed by atoms with Crippen molar-refractivity contribution in [1.82, 2.24) is 0 Å². The van der Waals surface area contributed by atoms with E-state index in [1.807, 2.05) is 18.2 Å². The molecule has 0 saturated carbocycles. The van der Waals surface area contributed by atoms with Gasteiger partial charge >= 0.3 is 0 Å². The first-order chi connectivity index (χ1) is 11.3. The maximum atomic E-state index is 5.81. The number of para-hydroxylation sites is 1. The quantitative estimate of drug-likeness (QED) is 0.598. The van der Waals surface area contributed by atoms with E-state index in [4.69, 9.17) is 12.2 Å². The standard InChI is InChI=1S/C22H29NS/c1-14(2)17-12-19(15(3)4)21(20(13-17)16(5)6)22(24)23-18-10-8-7-9-11-18/h7-16H,1-6H3,(H,23,24). The minimum Gasteiger partial charge on any atom is -0.346 e. The molecule has 2 rings (SSSR count). The Morgan fingerprint density at radius 3 is 1.71 bits per heavy atom. The van der Waals surface area contributed by atoms with Crippen molar-refractivity contribution in [2.24, 2.45) is 0 Å². The van der Waals surface area contributed by atoms with E-state index in [0.29, 0.717) is 17.8 Å². The SMILES string of the molecule is CC(C)c1cc(C(C)C)c(C(=S)Nc2ccccc2)c(C(C)C)c1. The number of anilines is 1. The molecule has 0 radical (unpaired) electrons. The molecule has 0 aliphatic heterocycles. The number of hydrogen-bond acceptors (Lipinski definition) is 1. The van der Waals surface area contributed by atoms with Crippen molar-refractivity contribution in [3.8, 4) is 0 Å². The molecule has 0 amide bonds. The molecule has 0 unspecified atom stereocenters. The predicted octanol–water partition coefficient (Wildman–Crippen LogP) is 6.84. The number of benzene rings is 2. The van der Waals surface area contributed by atoms with Gasteiger partial charge in [-0.1, -0.05) is 84.1 Å². The van der Waals surface area contributed by atoms with Crippen LogP contribution in [0.15, 0.2) is 42.5 Å². The molecule has 1 nitrogen and oxygen atoms in total. The van der Waals surface area contributed by atoms with Gasteiger partial charge < -0.3 is 5.32 Å². The minimum atomic E-state index is 0.437. The molecule has 0 heterocycles. The molecular formula is C22H29NS. The van der Waals surface area contributed by atoms with Gasteiger partial charge in [-0.15, -0.1) is 0 Å². The summed E-state index contributed by atoms with van der Waals surface area (Å²) < 4.78 is 0. The van der Waals surface area contributed by atoms with Crippen LogP contribution in [0.25, 0.3) is 0 Å². The Morgan fingerprint density at radius 1 is 0.792 bits per heavy atom. The fourth-order valence-electron chi connectivity index (χ4n) is 2.93. The summed E-state index contributed by atoms with van der Waals surface area (Å²) in [6, 6.07) is 14.9. The second-order valence-electron chi connectivity index (χ2n) is 7.36. The van der Waals surface area contributed by atoms with Gasteiger partial charge in [0.25, 0.3) is 0 Å². The van der Waals surface area contributed by atoms with E-state index in [-0.39, 0.29) is 0 Å². The Kier molecular flexibility index (Phi) is 6.17. The van der Waals surface area contributed by atoms with Gasteiger partial charge in [0.15, 0.2) is 0 Å². The van der Waals surface area contributed by atoms with Gasteiger partial charge in [-0.2, -0.15) is 0 Å². The lowest BCUT2D eigenvalue weighted by Gasteiger charge is -2.24. The number of nitrogens with one attached hydrogen (secondary N) is 1. The molecule has 0 aliphatic rings. The van der Waals surface area contributed by atoms with Crippen molar-refractivity contribution in [1.29, 1.82) is 0 Å². The van der Waals surface area contributed by atoms with Crippen LogP contribution in [0.5, 0.6) is 0 Å². The van der Waals surface area contributed by atoms with Crippen molar-refractivity contribution in [2.75, 3.05) is 5.32 Å². The summed E-state index contributed by atoms with van der Waals surface area (Å²) >= 11 is 5.81. The summed E-state index contributed by atoms with van der Waals surface area (Å²) in [4.78, 5) is 0.823. The Hall–Kier alpha value is -1.67. The topological polar surface area (TPSA) is 12.0 Å². The molecule has 2 heteroatoms. The highest BCUT2D eigenvalue weighted by atomic mass is 32.1. The summed E-state index contributed by atoms with van der Waals surface area (Å²) in [6.45, 7) is 13.5. The third kappa shape index (κ3) is 4.24. The van der Waals surface area contributed by atoms with Crippen LogP contribution in [0.4, 0.5) is 5.69 Å². The van der Waals surface area contributed by atoms with Crippen LogP contribution >= 0.6 is 12.2 Å². The van der Waals surface area contributed by atoms with Crippen molar-refractivity contribution < 1.29 is 0 Å². The average molecular weight is 340 g/mol. The van der Waals surface area contributed by atoms with Crippen LogP contribution in [-0.2, 0) is 0 Å². The first kappa shape index (κ1) is 18.7. The maximum absolute atomic E-state index is 5.81. The van der Waals surface area contributed by atoms with Gasteiger partial charge in [-0.05, 0) is 46.6 Å². The Balaban J connectivity index is 2.55. The molecule has 24 heavy (non-hydrogen) atoms. The van der Waals surface area contributed by atoms with E-state index in [0.717, 1.165) is 10.7 Å². The van der Waals surface area contributed by atoms with Crippen LogP contribution in [0.3, 0.4) is 0 Å². The molecule has 0 fully saturated rings. The predicted molar refractivity (Wildman–Crippen MR) is 110 cm³/mol. The summed E-state index contributed by atoms with van der Waals surface area (Å²) in [5.74, 6) is 1.39. The summed E-state index contributed by atoms with van der Waals surface area (Å²) in [6.07, 6.45) is 0. The molecule has 2 aromatic carbocycles. The van der Waals surface area contributed by atoms with Crippen LogP contribution in [0.2, 0.25) is 0 Å². The molecule has 0 aliphatic carbocycles. The fourth-order valence-corrected chi connectivity index (χ4v) is 3.29. The summed E-state index contributed by atoms with van der Waals surface area (Å²) in [5, 5.41) is 3.43. The monoisotopic (exact) mass is 339 g/mol. The highest BCUT2D eigenvalue weighted by Gasteiger charge is 2.20. The lowest BCUT2D eigenvalue weighted by molar-refractivity contribution is 0.801. The third-order valence-corrected chi connectivity index (χ3v) is 4.70. The molecule has 0 atom stereocenters. The lowest BCUT2D eigenvalue weighted by atomic mass is 9.84. The molecule has 0 bridgehead atoms. The summed E-state index contributed by atoms with van der Waals surface area (Å²) in [7, 11) is 0. The highest BCUT2D eigenvalue weighted by Crippen LogP contribution is 2.33. The molecule has 0 saturated heterocycles. The van der Waals surface area contributed by atoms with Gasteiger partial charge in [0.1, 0.15) is 4.99 Å². The zero-order chi connectivity index (χ0) is 17.9. The minimum absolute atomic E-state index is 0.437. The van der Waals surface area contributed by atoms with Crippen LogP contribution in [0.1, 0.15) is 81.5 Å². The molecule has 128 valence electrons. The van der Waals surface area contributed by atoms with Crippen molar-refractivity contribution in [3.63, 3.8) is 0 Å². The van der Waals surface area contributed by atoms with Crippen LogP contribution in [-0.4, -0.2) is 4.99 Å². The zero-order valence-corrected chi connectivity index (χ0v) is 16.5. The number of rotatable bonds is 5. The molecule has 0 aromatic heterocycles. The highest BCUT2D eigenvalue weighted by molar-refractivity contribution is 7.81. The second kappa shape index (κ2) is 7.94. The smallest absolute Gasteiger partial charge is 0.111 e. The molecule has 1 N–H and O–H groups in total. The van der Waals surface area contributed by atoms with Crippen LogP contribution in [0, 0.1) is 0 Å². The Labute approximate surface area is 152 Å². The summed E-state index contributed by atoms with van der Waals surface area (Å²) in [5.41, 5.74) is 6.34. The Morgan fingerprint density at radius 2 is 1.29 bits per heavy atom. The third-order valence-electron chi connectivity index (χ3n) is 4.39. The largest absolute Gasteiger partial charge is 0.346 e. The van der Waals surface area contributed by atoms with Gasteiger partial charge in [0.2, 0.25) is 0 Å². The maximum Gasteiger partial charge on any atom is 0.111 e. The van der Waals surface area contributed by atoms with Crippen molar-refractivity contribution in [3.05, 3.63) is 64.7 Å². The van der Waals surface area contributed by atoms with Crippen LogP contribution < -0.4 is 5.32 Å². The van der Waals surface area contributed by atoms with E-state index in [2.05, 4.69) is 71.1 Å². The Bertz CT molecular complexity index is 670. The fraction of sp³-hybridized carbons (Fsp3) is 0.409. The normalized spacial score (nSPS) is 11.4. The van der Waals surface area contributed by atoms with E-state index in [9.17, 15) is 0 Å². The molecule has 0 spiro atoms. The van der Waals surface area contributed by atoms with E-state index >= 15 is 0 Å². The van der Waals surface area contributed by atoms with Gasteiger partial charge in [0.05, 0.1) is 0 Å². The van der Waals surface area contributed by atoms with E-state index < -0.39 is 0 Å². The second-order valence-corrected chi connectivity index (χ2v) is 7.77. The van der Waals surface area contributed by atoms with Crippen molar-refractivity contribution >= 4 is 22.9 Å². The number of thiocarbonyl (C=S) groups is 1. The first-order valence-electron chi connectivity index (χ1n) is 8.85. The van der Waals surface area contributed by atoms with Crippen molar-refractivity contribution in [2.45, 2.75) is 59.3 Å². The van der Waals surface area contributed by atoms with Gasteiger partial charge in [-0.3, -0.25) is 0 Å². The van der Waals surface area contributed by atoms with E-state index in [1.165, 1.54) is 22.3 Å².